The summed E-state index contributed by atoms with van der Waals surface area (Å²) < 4.78 is 30.9. The lowest BCUT2D eigenvalue weighted by atomic mass is 10.3. The summed E-state index contributed by atoms with van der Waals surface area (Å²) >= 11 is 0. The molecule has 10 heteroatoms. The molecule has 2 rings (SSSR count). The highest BCUT2D eigenvalue weighted by Crippen LogP contribution is 2.50. The average Bonchev–Trinajstić information content (AvgIpc) is 2.85. The second-order valence-electron chi connectivity index (χ2n) is 6.19. The number of aromatic nitrogens is 3. The Morgan fingerprint density at radius 1 is 1.20 bits per heavy atom. The van der Waals surface area contributed by atoms with E-state index in [2.05, 4.69) is 9.97 Å². The molecular formula is C15H26N5O4P. The first kappa shape index (κ1) is 19.7. The normalized spacial score (nSPS) is 12.6. The van der Waals surface area contributed by atoms with E-state index in [1.807, 2.05) is 4.57 Å². The molecule has 0 radical (unpaired) electrons. The van der Waals surface area contributed by atoms with E-state index in [1.54, 1.807) is 40.1 Å². The van der Waals surface area contributed by atoms with E-state index >= 15 is 0 Å². The van der Waals surface area contributed by atoms with Crippen molar-refractivity contribution in [3.63, 3.8) is 0 Å². The van der Waals surface area contributed by atoms with Crippen molar-refractivity contribution >= 4 is 30.3 Å². The first-order valence-corrected chi connectivity index (χ1v) is 9.83. The second kappa shape index (κ2) is 8.14. The van der Waals surface area contributed by atoms with E-state index in [0.717, 1.165) is 5.52 Å². The van der Waals surface area contributed by atoms with Crippen LogP contribution in [-0.2, 0) is 24.9 Å². The van der Waals surface area contributed by atoms with Crippen molar-refractivity contribution in [2.45, 2.75) is 46.4 Å². The van der Waals surface area contributed by atoms with Gasteiger partial charge in [0.05, 0.1) is 30.7 Å². The molecule has 0 fully saturated rings. The molecule has 2 aromatic heterocycles. The largest absolute Gasteiger partial charge is 0.384 e. The van der Waals surface area contributed by atoms with Crippen molar-refractivity contribution in [2.24, 2.45) is 0 Å². The van der Waals surface area contributed by atoms with Crippen molar-refractivity contribution < 1.29 is 18.3 Å². The smallest absolute Gasteiger partial charge is 0.356 e. The van der Waals surface area contributed by atoms with Gasteiger partial charge in [-0.2, -0.15) is 0 Å². The van der Waals surface area contributed by atoms with E-state index < -0.39 is 7.60 Å². The monoisotopic (exact) mass is 371 g/mol. The molecule has 0 unspecified atom stereocenters. The molecule has 0 bridgehead atoms. The third-order valence-electron chi connectivity index (χ3n) is 3.12. The number of imidazole rings is 1. The van der Waals surface area contributed by atoms with Gasteiger partial charge in [-0.25, -0.2) is 9.97 Å². The summed E-state index contributed by atoms with van der Waals surface area (Å²) in [5.41, 5.74) is 12.9. The zero-order valence-electron chi connectivity index (χ0n) is 15.0. The highest BCUT2D eigenvalue weighted by Gasteiger charge is 2.28. The lowest BCUT2D eigenvalue weighted by Crippen LogP contribution is -2.13. The molecule has 2 aromatic rings. The Hall–Kier alpha value is -1.67. The lowest BCUT2D eigenvalue weighted by molar-refractivity contribution is 0.0961. The van der Waals surface area contributed by atoms with E-state index in [1.165, 1.54) is 0 Å². The standard InChI is InChI=1S/C15H26N5O4P/c1-10(2)23-25(21,24-11(3)4)9-22-6-5-20-8-18-14-12(20)7-13(16)19-15(14)17/h7-8,10-11H,5-6,9H2,1-4H3,(H4,16,17,19). The average molecular weight is 371 g/mol. The highest BCUT2D eigenvalue weighted by molar-refractivity contribution is 7.53. The molecule has 4 N–H and O–H groups in total. The number of rotatable bonds is 9. The quantitative estimate of drug-likeness (QED) is 0.508. The number of pyridine rings is 1. The Labute approximate surface area is 147 Å². The van der Waals surface area contributed by atoms with Gasteiger partial charge >= 0.3 is 7.60 Å². The Morgan fingerprint density at radius 2 is 1.84 bits per heavy atom. The molecule has 0 atom stereocenters. The first-order valence-electron chi connectivity index (χ1n) is 8.10. The number of nitrogens with two attached hydrogens (primary N) is 2. The van der Waals surface area contributed by atoms with Crippen LogP contribution in [0.4, 0.5) is 11.6 Å². The zero-order valence-corrected chi connectivity index (χ0v) is 15.9. The summed E-state index contributed by atoms with van der Waals surface area (Å²) in [7, 11) is -3.30. The lowest BCUT2D eigenvalue weighted by Gasteiger charge is -2.22. The molecule has 9 nitrogen and oxygen atoms in total. The Balaban J connectivity index is 1.97. The van der Waals surface area contributed by atoms with Crippen molar-refractivity contribution in [1.29, 1.82) is 0 Å². The Kier molecular flexibility index (Phi) is 6.40. The fourth-order valence-electron chi connectivity index (χ4n) is 2.35. The molecule has 0 saturated carbocycles. The minimum Gasteiger partial charge on any atom is -0.384 e. The number of nitrogen functional groups attached to an aromatic ring is 2. The summed E-state index contributed by atoms with van der Waals surface area (Å²) in [6.07, 6.45) is 1.09. The first-order chi connectivity index (χ1) is 11.7. The van der Waals surface area contributed by atoms with Gasteiger partial charge in [0, 0.05) is 12.6 Å². The summed E-state index contributed by atoms with van der Waals surface area (Å²) in [6.45, 7) is 8.00. The van der Waals surface area contributed by atoms with Crippen LogP contribution in [0.3, 0.4) is 0 Å². The van der Waals surface area contributed by atoms with Crippen molar-refractivity contribution in [2.75, 3.05) is 24.4 Å². The maximum Gasteiger partial charge on any atom is 0.356 e. The third kappa shape index (κ3) is 5.40. The van der Waals surface area contributed by atoms with Crippen LogP contribution < -0.4 is 11.5 Å². The van der Waals surface area contributed by atoms with Crippen LogP contribution in [0.5, 0.6) is 0 Å². The molecule has 0 spiro atoms. The van der Waals surface area contributed by atoms with Gasteiger partial charge in [-0.05, 0) is 27.7 Å². The Bertz CT molecular complexity index is 748. The number of fused-ring (bicyclic) bond motifs is 1. The minimum absolute atomic E-state index is 0.109. The Morgan fingerprint density at radius 3 is 2.44 bits per heavy atom. The number of nitrogens with zero attached hydrogens (tertiary/aromatic N) is 3. The van der Waals surface area contributed by atoms with Crippen LogP contribution >= 0.6 is 7.60 Å². The molecular weight excluding hydrogens is 345 g/mol. The predicted molar refractivity (Wildman–Crippen MR) is 97.2 cm³/mol. The number of ether oxygens (including phenoxy) is 1. The number of hydrogen-bond acceptors (Lipinski definition) is 8. The van der Waals surface area contributed by atoms with Gasteiger partial charge in [-0.15, -0.1) is 0 Å². The second-order valence-corrected chi connectivity index (χ2v) is 8.10. The van der Waals surface area contributed by atoms with Gasteiger partial charge in [0.15, 0.2) is 5.82 Å². The molecule has 2 heterocycles. The molecule has 0 aromatic carbocycles. The SMILES string of the molecule is CC(C)OP(=O)(COCCn1cnc2c(N)nc(N)cc21)OC(C)C. The topological polar surface area (TPSA) is 128 Å². The number of hydrogen-bond donors (Lipinski definition) is 2. The van der Waals surface area contributed by atoms with Gasteiger partial charge in [-0.1, -0.05) is 0 Å². The van der Waals surface area contributed by atoms with Gasteiger partial charge in [0.1, 0.15) is 17.7 Å². The van der Waals surface area contributed by atoms with Gasteiger partial charge in [-0.3, -0.25) is 4.57 Å². The zero-order chi connectivity index (χ0) is 18.6. The fraction of sp³-hybridized carbons (Fsp3) is 0.600. The molecule has 140 valence electrons. The molecule has 0 amide bonds. The molecule has 0 aliphatic heterocycles. The van der Waals surface area contributed by atoms with Gasteiger partial charge in [0.2, 0.25) is 0 Å². The molecule has 0 aliphatic carbocycles. The van der Waals surface area contributed by atoms with E-state index in [4.69, 9.17) is 25.3 Å². The van der Waals surface area contributed by atoms with Crippen LogP contribution in [0.15, 0.2) is 12.4 Å². The molecule has 0 saturated heterocycles. The van der Waals surface area contributed by atoms with E-state index in [9.17, 15) is 4.57 Å². The van der Waals surface area contributed by atoms with Crippen LogP contribution in [0.25, 0.3) is 11.0 Å². The van der Waals surface area contributed by atoms with Crippen molar-refractivity contribution in [3.05, 3.63) is 12.4 Å². The summed E-state index contributed by atoms with van der Waals surface area (Å²) in [5, 5.41) is 0. The summed E-state index contributed by atoms with van der Waals surface area (Å²) in [5.74, 6) is 0.614. The fourth-order valence-corrected chi connectivity index (χ4v) is 4.16. The summed E-state index contributed by atoms with van der Waals surface area (Å²) in [6, 6.07) is 1.70. The third-order valence-corrected chi connectivity index (χ3v) is 5.11. The number of anilines is 2. The van der Waals surface area contributed by atoms with Crippen molar-refractivity contribution in [1.82, 2.24) is 14.5 Å². The van der Waals surface area contributed by atoms with E-state index in [0.29, 0.717) is 24.5 Å². The van der Waals surface area contributed by atoms with Crippen molar-refractivity contribution in [3.8, 4) is 0 Å². The molecule has 25 heavy (non-hydrogen) atoms. The van der Waals surface area contributed by atoms with E-state index in [-0.39, 0.29) is 24.4 Å². The van der Waals surface area contributed by atoms with Gasteiger partial charge in [0.25, 0.3) is 0 Å². The van der Waals surface area contributed by atoms with Crippen LogP contribution in [0, 0.1) is 0 Å². The van der Waals surface area contributed by atoms with Crippen LogP contribution in [-0.4, -0.2) is 39.7 Å². The summed E-state index contributed by atoms with van der Waals surface area (Å²) in [4.78, 5) is 8.20. The van der Waals surface area contributed by atoms with Gasteiger partial charge < -0.3 is 29.8 Å². The molecule has 0 aliphatic rings. The minimum atomic E-state index is -3.30. The van der Waals surface area contributed by atoms with Crippen LogP contribution in [0.1, 0.15) is 27.7 Å². The van der Waals surface area contributed by atoms with Crippen LogP contribution in [0.2, 0.25) is 0 Å². The maximum atomic E-state index is 12.7. The maximum absolute atomic E-state index is 12.7. The highest BCUT2D eigenvalue weighted by atomic mass is 31.2. The predicted octanol–water partition coefficient (Wildman–Crippen LogP) is 2.61.